The van der Waals surface area contributed by atoms with Crippen LogP contribution in [0.1, 0.15) is 34.1 Å². The Morgan fingerprint density at radius 2 is 1.86 bits per heavy atom. The smallest absolute Gasteiger partial charge is 0.335 e. The molecule has 1 aliphatic heterocycles. The summed E-state index contributed by atoms with van der Waals surface area (Å²) in [6, 6.07) is 6.92. The number of aryl methyl sites for hydroxylation is 1. The Bertz CT molecular complexity index is 895. The van der Waals surface area contributed by atoms with E-state index >= 15 is 0 Å². The van der Waals surface area contributed by atoms with Crippen molar-refractivity contribution in [3.05, 3.63) is 46.6 Å². The second kappa shape index (κ2) is 8.60. The standard InChI is InChI=1S/C20H24N4O3S/c1-13-14(2)21-20(28-12-16-5-4-6-17(11-16)19(26)27)22-18(13)24-9-7-23(8-10-24)15(3)25/h4-6,11H,7-10,12H2,1-3H3,(H,26,27). The number of amides is 1. The number of benzene rings is 1. The van der Waals surface area contributed by atoms with Crippen molar-refractivity contribution in [2.75, 3.05) is 31.1 Å². The molecule has 1 aliphatic rings. The normalized spacial score (nSPS) is 14.2. The molecule has 0 saturated carbocycles. The Labute approximate surface area is 168 Å². The molecule has 2 heterocycles. The maximum Gasteiger partial charge on any atom is 0.335 e. The van der Waals surface area contributed by atoms with Gasteiger partial charge in [-0.05, 0) is 31.5 Å². The van der Waals surface area contributed by atoms with Gasteiger partial charge in [0.25, 0.3) is 0 Å². The Balaban J connectivity index is 1.74. The highest BCUT2D eigenvalue weighted by atomic mass is 32.2. The maximum absolute atomic E-state index is 11.5. The largest absolute Gasteiger partial charge is 0.478 e. The minimum absolute atomic E-state index is 0.107. The monoisotopic (exact) mass is 400 g/mol. The van der Waals surface area contributed by atoms with Gasteiger partial charge in [0.2, 0.25) is 5.91 Å². The van der Waals surface area contributed by atoms with Crippen molar-refractivity contribution in [2.45, 2.75) is 31.7 Å². The first kappa shape index (κ1) is 20.1. The van der Waals surface area contributed by atoms with Crippen molar-refractivity contribution in [1.82, 2.24) is 14.9 Å². The van der Waals surface area contributed by atoms with E-state index in [0.717, 1.165) is 35.7 Å². The zero-order chi connectivity index (χ0) is 20.3. The van der Waals surface area contributed by atoms with Crippen LogP contribution in [-0.4, -0.2) is 58.0 Å². The Hall–Kier alpha value is -2.61. The molecule has 28 heavy (non-hydrogen) atoms. The quantitative estimate of drug-likeness (QED) is 0.610. The maximum atomic E-state index is 11.5. The molecule has 0 unspecified atom stereocenters. The minimum Gasteiger partial charge on any atom is -0.478 e. The summed E-state index contributed by atoms with van der Waals surface area (Å²) in [7, 11) is 0. The van der Waals surface area contributed by atoms with Crippen LogP contribution in [0.3, 0.4) is 0 Å². The number of rotatable bonds is 5. The summed E-state index contributed by atoms with van der Waals surface area (Å²) in [5, 5.41) is 9.81. The van der Waals surface area contributed by atoms with Gasteiger partial charge < -0.3 is 14.9 Å². The molecule has 1 N–H and O–H groups in total. The van der Waals surface area contributed by atoms with Gasteiger partial charge in [-0.15, -0.1) is 0 Å². The molecule has 1 aromatic heterocycles. The van der Waals surface area contributed by atoms with Gasteiger partial charge in [-0.2, -0.15) is 0 Å². The Kier molecular flexibility index (Phi) is 6.18. The molecule has 0 spiro atoms. The molecule has 0 radical (unpaired) electrons. The molecule has 2 aromatic rings. The van der Waals surface area contributed by atoms with E-state index < -0.39 is 5.97 Å². The summed E-state index contributed by atoms with van der Waals surface area (Å²) in [5.41, 5.74) is 3.18. The van der Waals surface area contributed by atoms with Crippen LogP contribution in [-0.2, 0) is 10.5 Å². The first-order chi connectivity index (χ1) is 13.3. The van der Waals surface area contributed by atoms with E-state index in [0.29, 0.717) is 24.0 Å². The van der Waals surface area contributed by atoms with Crippen molar-refractivity contribution in [2.24, 2.45) is 0 Å². The number of anilines is 1. The van der Waals surface area contributed by atoms with E-state index in [1.54, 1.807) is 25.1 Å². The van der Waals surface area contributed by atoms with E-state index in [4.69, 9.17) is 10.1 Å². The zero-order valence-electron chi connectivity index (χ0n) is 16.3. The molecule has 148 valence electrons. The SMILES string of the molecule is CC(=O)N1CCN(c2nc(SCc3cccc(C(=O)O)c3)nc(C)c2C)CC1. The number of hydrogen-bond acceptors (Lipinski definition) is 6. The van der Waals surface area contributed by atoms with Crippen LogP contribution in [0.2, 0.25) is 0 Å². The predicted octanol–water partition coefficient (Wildman–Crippen LogP) is 2.75. The van der Waals surface area contributed by atoms with Crippen LogP contribution in [0.15, 0.2) is 29.4 Å². The lowest BCUT2D eigenvalue weighted by molar-refractivity contribution is -0.129. The molecule has 1 saturated heterocycles. The molecular formula is C20H24N4O3S. The van der Waals surface area contributed by atoms with Gasteiger partial charge in [-0.25, -0.2) is 14.8 Å². The third kappa shape index (κ3) is 4.62. The molecule has 1 fully saturated rings. The van der Waals surface area contributed by atoms with Gasteiger partial charge in [-0.1, -0.05) is 23.9 Å². The van der Waals surface area contributed by atoms with Crippen molar-refractivity contribution < 1.29 is 14.7 Å². The molecule has 0 atom stereocenters. The summed E-state index contributed by atoms with van der Waals surface area (Å²) < 4.78 is 0. The molecule has 3 rings (SSSR count). The van der Waals surface area contributed by atoms with Crippen molar-refractivity contribution >= 4 is 29.5 Å². The third-order valence-electron chi connectivity index (χ3n) is 4.91. The lowest BCUT2D eigenvalue weighted by Crippen LogP contribution is -2.48. The van der Waals surface area contributed by atoms with Crippen LogP contribution in [0, 0.1) is 13.8 Å². The predicted molar refractivity (Wildman–Crippen MR) is 109 cm³/mol. The number of aromatic nitrogens is 2. The van der Waals surface area contributed by atoms with Crippen molar-refractivity contribution in [3.63, 3.8) is 0 Å². The highest BCUT2D eigenvalue weighted by molar-refractivity contribution is 7.98. The molecule has 7 nitrogen and oxygen atoms in total. The second-order valence-electron chi connectivity index (χ2n) is 6.83. The van der Waals surface area contributed by atoms with Gasteiger partial charge in [-0.3, -0.25) is 4.79 Å². The molecular weight excluding hydrogens is 376 g/mol. The van der Waals surface area contributed by atoms with Gasteiger partial charge in [0.05, 0.1) is 5.56 Å². The van der Waals surface area contributed by atoms with Crippen molar-refractivity contribution in [3.8, 4) is 0 Å². The number of carboxylic acid groups (broad SMARTS) is 1. The fourth-order valence-corrected chi connectivity index (χ4v) is 3.96. The van der Waals surface area contributed by atoms with Crippen LogP contribution in [0.4, 0.5) is 5.82 Å². The molecule has 1 aromatic carbocycles. The number of carbonyl (C=O) groups excluding carboxylic acids is 1. The number of carboxylic acids is 1. The second-order valence-corrected chi connectivity index (χ2v) is 7.77. The van der Waals surface area contributed by atoms with Crippen LogP contribution < -0.4 is 4.90 Å². The van der Waals surface area contributed by atoms with Crippen LogP contribution >= 0.6 is 11.8 Å². The number of aromatic carboxylic acids is 1. The minimum atomic E-state index is -0.929. The summed E-state index contributed by atoms with van der Waals surface area (Å²) >= 11 is 1.49. The number of hydrogen-bond donors (Lipinski definition) is 1. The highest BCUT2D eigenvalue weighted by Crippen LogP contribution is 2.27. The molecule has 0 bridgehead atoms. The van der Waals surface area contributed by atoms with E-state index in [9.17, 15) is 9.59 Å². The number of nitrogens with zero attached hydrogens (tertiary/aromatic N) is 4. The summed E-state index contributed by atoms with van der Waals surface area (Å²) in [6.45, 7) is 8.49. The van der Waals surface area contributed by atoms with E-state index in [1.807, 2.05) is 24.8 Å². The highest BCUT2D eigenvalue weighted by Gasteiger charge is 2.22. The fourth-order valence-electron chi connectivity index (χ4n) is 3.14. The van der Waals surface area contributed by atoms with E-state index in [1.165, 1.54) is 11.8 Å². The summed E-state index contributed by atoms with van der Waals surface area (Å²) in [6.07, 6.45) is 0. The number of thioether (sulfide) groups is 1. The third-order valence-corrected chi connectivity index (χ3v) is 5.83. The fraction of sp³-hybridized carbons (Fsp3) is 0.400. The lowest BCUT2D eigenvalue weighted by Gasteiger charge is -2.35. The van der Waals surface area contributed by atoms with Crippen molar-refractivity contribution in [1.29, 1.82) is 0 Å². The Morgan fingerprint density at radius 1 is 1.14 bits per heavy atom. The molecule has 1 amide bonds. The van der Waals surface area contributed by atoms with Gasteiger partial charge in [0.1, 0.15) is 5.82 Å². The summed E-state index contributed by atoms with van der Waals surface area (Å²) in [5.74, 6) is 0.690. The first-order valence-electron chi connectivity index (χ1n) is 9.16. The van der Waals surface area contributed by atoms with E-state index in [2.05, 4.69) is 9.88 Å². The number of carbonyl (C=O) groups is 2. The zero-order valence-corrected chi connectivity index (χ0v) is 17.1. The topological polar surface area (TPSA) is 86.6 Å². The van der Waals surface area contributed by atoms with Gasteiger partial charge >= 0.3 is 5.97 Å². The first-order valence-corrected chi connectivity index (χ1v) is 10.1. The van der Waals surface area contributed by atoms with Crippen LogP contribution in [0.5, 0.6) is 0 Å². The average molecular weight is 401 g/mol. The molecule has 0 aliphatic carbocycles. The van der Waals surface area contributed by atoms with Crippen LogP contribution in [0.25, 0.3) is 0 Å². The number of piperazine rings is 1. The average Bonchev–Trinajstić information content (AvgIpc) is 2.69. The molecule has 8 heteroatoms. The lowest BCUT2D eigenvalue weighted by atomic mass is 10.1. The van der Waals surface area contributed by atoms with Gasteiger partial charge in [0.15, 0.2) is 5.16 Å². The van der Waals surface area contributed by atoms with E-state index in [-0.39, 0.29) is 11.5 Å². The summed E-state index contributed by atoms with van der Waals surface area (Å²) in [4.78, 5) is 36.1. The van der Waals surface area contributed by atoms with Gasteiger partial charge in [0, 0.05) is 50.1 Å². The Morgan fingerprint density at radius 3 is 2.50 bits per heavy atom.